The molecule has 1 aromatic carbocycles. The zero-order valence-corrected chi connectivity index (χ0v) is 17.8. The van der Waals surface area contributed by atoms with E-state index in [4.69, 9.17) is 11.6 Å². The number of rotatable bonds is 10. The lowest BCUT2D eigenvalue weighted by Gasteiger charge is -2.30. The van der Waals surface area contributed by atoms with Gasteiger partial charge in [-0.1, -0.05) is 37.1 Å². The Balaban J connectivity index is 2.98. The van der Waals surface area contributed by atoms with Gasteiger partial charge in [0.25, 0.3) is 0 Å². The largest absolute Gasteiger partial charge is 0.354 e. The summed E-state index contributed by atoms with van der Waals surface area (Å²) in [6.45, 7) is 4.03. The molecule has 0 saturated heterocycles. The summed E-state index contributed by atoms with van der Waals surface area (Å²) < 4.78 is 24.2. The second-order valence-electron chi connectivity index (χ2n) is 6.49. The predicted octanol–water partition coefficient (Wildman–Crippen LogP) is 1.86. The van der Waals surface area contributed by atoms with Crippen LogP contribution in [0, 0.1) is 0 Å². The van der Waals surface area contributed by atoms with Gasteiger partial charge in [0.1, 0.15) is 6.04 Å². The number of unbranched alkanes of at least 4 members (excludes halogenated alkanes) is 1. The fraction of sp³-hybridized carbons (Fsp3) is 0.556. The Morgan fingerprint density at radius 2 is 1.81 bits per heavy atom. The second kappa shape index (κ2) is 10.6. The maximum atomic E-state index is 12.8. The molecule has 0 spiro atoms. The van der Waals surface area contributed by atoms with Crippen LogP contribution >= 0.6 is 11.6 Å². The smallest absolute Gasteiger partial charge is 0.242 e. The van der Waals surface area contributed by atoms with Crippen LogP contribution in [0.2, 0.25) is 5.02 Å². The van der Waals surface area contributed by atoms with Crippen molar-refractivity contribution in [1.29, 1.82) is 0 Å². The summed E-state index contributed by atoms with van der Waals surface area (Å²) in [7, 11) is -2.17. The van der Waals surface area contributed by atoms with Crippen LogP contribution in [0.4, 0.5) is 0 Å². The van der Waals surface area contributed by atoms with E-state index in [0.717, 1.165) is 29.0 Å². The van der Waals surface area contributed by atoms with Crippen LogP contribution < -0.4 is 5.32 Å². The first-order valence-electron chi connectivity index (χ1n) is 8.79. The molecule has 27 heavy (non-hydrogen) atoms. The molecule has 0 bridgehead atoms. The minimum absolute atomic E-state index is 0.177. The van der Waals surface area contributed by atoms with Crippen molar-refractivity contribution in [1.82, 2.24) is 14.5 Å². The van der Waals surface area contributed by atoms with Crippen molar-refractivity contribution in [3.63, 3.8) is 0 Å². The predicted molar refractivity (Wildman–Crippen MR) is 107 cm³/mol. The number of likely N-dealkylation sites (N-methyl/N-ethyl adjacent to an activating group) is 1. The number of nitrogens with one attached hydrogen (secondary N) is 1. The lowest BCUT2D eigenvalue weighted by atomic mass is 10.1. The van der Waals surface area contributed by atoms with Gasteiger partial charge in [-0.15, -0.1) is 0 Å². The number of amides is 2. The zero-order valence-electron chi connectivity index (χ0n) is 16.2. The van der Waals surface area contributed by atoms with E-state index in [0.29, 0.717) is 11.6 Å². The van der Waals surface area contributed by atoms with Crippen molar-refractivity contribution in [3.8, 4) is 0 Å². The van der Waals surface area contributed by atoms with Gasteiger partial charge in [-0.25, -0.2) is 8.42 Å². The second-order valence-corrected chi connectivity index (χ2v) is 9.01. The van der Waals surface area contributed by atoms with Crippen LogP contribution in [0.25, 0.3) is 0 Å². The minimum Gasteiger partial charge on any atom is -0.354 e. The molecule has 0 unspecified atom stereocenters. The van der Waals surface area contributed by atoms with E-state index < -0.39 is 22.0 Å². The highest BCUT2D eigenvalue weighted by molar-refractivity contribution is 7.88. The Labute approximate surface area is 166 Å². The first-order chi connectivity index (χ1) is 12.6. The van der Waals surface area contributed by atoms with E-state index in [9.17, 15) is 18.0 Å². The molecule has 9 heteroatoms. The maximum Gasteiger partial charge on any atom is 0.242 e. The summed E-state index contributed by atoms with van der Waals surface area (Å²) >= 11 is 5.90. The van der Waals surface area contributed by atoms with E-state index in [2.05, 4.69) is 5.32 Å². The van der Waals surface area contributed by atoms with Crippen LogP contribution in [0.5, 0.6) is 0 Å². The summed E-state index contributed by atoms with van der Waals surface area (Å²) in [5.74, 6) is -0.719. The van der Waals surface area contributed by atoms with Crippen molar-refractivity contribution >= 4 is 33.4 Å². The Morgan fingerprint density at radius 1 is 1.22 bits per heavy atom. The quantitative estimate of drug-likeness (QED) is 0.589. The minimum atomic E-state index is -3.51. The molecule has 0 heterocycles. The molecule has 1 atom stereocenters. The average molecular weight is 418 g/mol. The van der Waals surface area contributed by atoms with Crippen molar-refractivity contribution in [2.45, 2.75) is 39.3 Å². The Bertz CT molecular complexity index is 737. The van der Waals surface area contributed by atoms with Crippen molar-refractivity contribution in [2.24, 2.45) is 0 Å². The van der Waals surface area contributed by atoms with Gasteiger partial charge >= 0.3 is 0 Å². The molecule has 0 aliphatic rings. The van der Waals surface area contributed by atoms with Gasteiger partial charge in [-0.05, 0) is 31.0 Å². The number of hydrogen-bond donors (Lipinski definition) is 1. The summed E-state index contributed by atoms with van der Waals surface area (Å²) in [6, 6.07) is 6.20. The first kappa shape index (κ1) is 23.4. The molecule has 0 fully saturated rings. The SMILES string of the molecule is CCCCNC(=O)[C@H](C)N(Cc1ccc(Cl)cc1)C(=O)CN(C)S(C)(=O)=O. The topological polar surface area (TPSA) is 86.8 Å². The number of nitrogens with zero attached hydrogens (tertiary/aromatic N) is 2. The van der Waals surface area contributed by atoms with Gasteiger partial charge in [-0.3, -0.25) is 9.59 Å². The highest BCUT2D eigenvalue weighted by Crippen LogP contribution is 2.14. The van der Waals surface area contributed by atoms with E-state index in [-0.39, 0.29) is 19.0 Å². The van der Waals surface area contributed by atoms with E-state index in [1.54, 1.807) is 31.2 Å². The van der Waals surface area contributed by atoms with Gasteiger partial charge in [0.2, 0.25) is 21.8 Å². The molecule has 1 N–H and O–H groups in total. The van der Waals surface area contributed by atoms with Crippen LogP contribution in [0.1, 0.15) is 32.3 Å². The molecule has 1 rings (SSSR count). The summed E-state index contributed by atoms with van der Waals surface area (Å²) in [4.78, 5) is 26.6. The number of halogens is 1. The third-order valence-electron chi connectivity index (χ3n) is 4.19. The fourth-order valence-corrected chi connectivity index (χ4v) is 2.77. The van der Waals surface area contributed by atoms with E-state index in [1.807, 2.05) is 6.92 Å². The van der Waals surface area contributed by atoms with Crippen molar-refractivity contribution < 1.29 is 18.0 Å². The van der Waals surface area contributed by atoms with Crippen LogP contribution in [0.3, 0.4) is 0 Å². The van der Waals surface area contributed by atoms with Crippen molar-refractivity contribution in [3.05, 3.63) is 34.9 Å². The van der Waals surface area contributed by atoms with Gasteiger partial charge in [0, 0.05) is 25.2 Å². The Kier molecular flexibility index (Phi) is 9.21. The summed E-state index contributed by atoms with van der Waals surface area (Å²) in [5, 5.41) is 3.38. The lowest BCUT2D eigenvalue weighted by Crippen LogP contribution is -2.50. The first-order valence-corrected chi connectivity index (χ1v) is 11.0. The molecule has 0 saturated carbocycles. The Hall–Kier alpha value is -1.64. The number of benzene rings is 1. The van der Waals surface area contributed by atoms with Gasteiger partial charge in [-0.2, -0.15) is 4.31 Å². The monoisotopic (exact) mass is 417 g/mol. The summed E-state index contributed by atoms with van der Waals surface area (Å²) in [6.07, 6.45) is 2.83. The van der Waals surface area contributed by atoms with Crippen LogP contribution in [-0.4, -0.2) is 61.9 Å². The fourth-order valence-electron chi connectivity index (χ4n) is 2.30. The standard InChI is InChI=1S/C18H28ClN3O4S/c1-5-6-11-20-18(24)14(2)22(12-15-7-9-16(19)10-8-15)17(23)13-21(3)27(4,25)26/h7-10,14H,5-6,11-13H2,1-4H3,(H,20,24)/t14-/m0/s1. The van der Waals surface area contributed by atoms with Crippen LogP contribution in [0.15, 0.2) is 24.3 Å². The molecule has 7 nitrogen and oxygen atoms in total. The molecule has 0 aliphatic carbocycles. The summed E-state index contributed by atoms with van der Waals surface area (Å²) in [5.41, 5.74) is 0.794. The lowest BCUT2D eigenvalue weighted by molar-refractivity contribution is -0.140. The molecular weight excluding hydrogens is 390 g/mol. The Morgan fingerprint density at radius 3 is 2.33 bits per heavy atom. The molecular formula is C18H28ClN3O4S. The number of carbonyl (C=O) groups excluding carboxylic acids is 2. The van der Waals surface area contributed by atoms with Gasteiger partial charge < -0.3 is 10.2 Å². The third-order valence-corrected chi connectivity index (χ3v) is 5.70. The molecule has 0 aliphatic heterocycles. The average Bonchev–Trinajstić information content (AvgIpc) is 2.59. The maximum absolute atomic E-state index is 12.8. The number of sulfonamides is 1. The highest BCUT2D eigenvalue weighted by atomic mass is 35.5. The molecule has 1 aromatic rings. The van der Waals surface area contributed by atoms with Gasteiger partial charge in [0.05, 0.1) is 12.8 Å². The molecule has 0 radical (unpaired) electrons. The third kappa shape index (κ3) is 7.86. The van der Waals surface area contributed by atoms with E-state index in [1.165, 1.54) is 11.9 Å². The zero-order chi connectivity index (χ0) is 20.6. The number of hydrogen-bond acceptors (Lipinski definition) is 4. The van der Waals surface area contributed by atoms with E-state index >= 15 is 0 Å². The van der Waals surface area contributed by atoms with Crippen LogP contribution in [-0.2, 0) is 26.2 Å². The van der Waals surface area contributed by atoms with Crippen molar-refractivity contribution in [2.75, 3.05) is 26.4 Å². The molecule has 2 amide bonds. The van der Waals surface area contributed by atoms with Gasteiger partial charge in [0.15, 0.2) is 0 Å². The number of carbonyl (C=O) groups is 2. The molecule has 152 valence electrons. The highest BCUT2D eigenvalue weighted by Gasteiger charge is 2.28. The normalized spacial score (nSPS) is 12.7. The molecule has 0 aromatic heterocycles.